The van der Waals surface area contributed by atoms with Crippen molar-refractivity contribution in [2.24, 2.45) is 0 Å². The Hall–Kier alpha value is -1.38. The fourth-order valence-corrected chi connectivity index (χ4v) is 2.58. The molecule has 0 aromatic rings. The molecule has 0 aromatic heterocycles. The monoisotopic (exact) mass is 349 g/mol. The Kier molecular flexibility index (Phi) is 17.9. The van der Waals surface area contributed by atoms with Gasteiger partial charge < -0.3 is 5.32 Å². The van der Waals surface area contributed by atoms with Gasteiger partial charge in [0.1, 0.15) is 5.78 Å². The van der Waals surface area contributed by atoms with Crippen LogP contribution in [0.1, 0.15) is 97.3 Å². The molecule has 1 amide bonds. The predicted octanol–water partition coefficient (Wildman–Crippen LogP) is 5.90. The van der Waals surface area contributed by atoms with Crippen LogP contribution >= 0.6 is 0 Å². The third kappa shape index (κ3) is 20.6. The van der Waals surface area contributed by atoms with E-state index in [0.29, 0.717) is 19.4 Å². The Labute approximate surface area is 155 Å². The van der Waals surface area contributed by atoms with E-state index in [1.807, 2.05) is 0 Å². The summed E-state index contributed by atoms with van der Waals surface area (Å²) in [5, 5.41) is 2.79. The highest BCUT2D eigenvalue weighted by Gasteiger charge is 2.01. The number of allylic oxidation sites excluding steroid dienone is 4. The van der Waals surface area contributed by atoms with Gasteiger partial charge in [-0.2, -0.15) is 0 Å². The minimum Gasteiger partial charge on any atom is -0.356 e. The Morgan fingerprint density at radius 2 is 1.32 bits per heavy atom. The van der Waals surface area contributed by atoms with Crippen molar-refractivity contribution in [2.75, 3.05) is 6.54 Å². The van der Waals surface area contributed by atoms with E-state index in [-0.39, 0.29) is 11.7 Å². The normalized spacial score (nSPS) is 11.4. The molecule has 0 unspecified atom stereocenters. The van der Waals surface area contributed by atoms with Crippen LogP contribution in [0.25, 0.3) is 0 Å². The average Bonchev–Trinajstić information content (AvgIpc) is 2.58. The molecule has 144 valence electrons. The van der Waals surface area contributed by atoms with Crippen molar-refractivity contribution in [3.05, 3.63) is 24.3 Å². The number of ketones is 1. The highest BCUT2D eigenvalue weighted by atomic mass is 16.1. The van der Waals surface area contributed by atoms with Gasteiger partial charge in [0.2, 0.25) is 5.91 Å². The van der Waals surface area contributed by atoms with Gasteiger partial charge in [0, 0.05) is 19.4 Å². The summed E-state index contributed by atoms with van der Waals surface area (Å²) in [6, 6.07) is 0. The van der Waals surface area contributed by atoms with Crippen LogP contribution in [0.15, 0.2) is 24.3 Å². The largest absolute Gasteiger partial charge is 0.356 e. The molecule has 0 fully saturated rings. The summed E-state index contributed by atoms with van der Waals surface area (Å²) in [5.74, 6) is 0.201. The predicted molar refractivity (Wildman–Crippen MR) is 108 cm³/mol. The standard InChI is InChI=1S/C22H39NO2/c1-3-4-5-6-7-8-9-10-11-12-13-14-15-16-17-18-22(25)23-20-19-21(2)24/h7-10H,3-6,11-20H2,1-2H3,(H,23,25)/b8-7-,10-9+. The summed E-state index contributed by atoms with van der Waals surface area (Å²) in [7, 11) is 0. The van der Waals surface area contributed by atoms with Gasteiger partial charge in [-0.1, -0.05) is 69.8 Å². The number of carbonyl (C=O) groups excluding carboxylic acids is 2. The van der Waals surface area contributed by atoms with Gasteiger partial charge in [-0.15, -0.1) is 0 Å². The fraction of sp³-hybridized carbons (Fsp3) is 0.727. The van der Waals surface area contributed by atoms with Crippen molar-refractivity contribution in [3.63, 3.8) is 0 Å². The summed E-state index contributed by atoms with van der Waals surface area (Å²) >= 11 is 0. The number of Topliss-reactive ketones (excluding diaryl/α,β-unsaturated/α-hetero) is 1. The molecule has 0 aliphatic carbocycles. The Morgan fingerprint density at radius 3 is 1.92 bits per heavy atom. The van der Waals surface area contributed by atoms with E-state index in [2.05, 4.69) is 36.5 Å². The number of hydrogen-bond acceptors (Lipinski definition) is 2. The number of hydrogen-bond donors (Lipinski definition) is 1. The molecule has 3 heteroatoms. The van der Waals surface area contributed by atoms with Crippen molar-refractivity contribution in [2.45, 2.75) is 97.3 Å². The molecule has 3 nitrogen and oxygen atoms in total. The van der Waals surface area contributed by atoms with Crippen molar-refractivity contribution < 1.29 is 9.59 Å². The van der Waals surface area contributed by atoms with E-state index in [1.54, 1.807) is 6.92 Å². The average molecular weight is 350 g/mol. The van der Waals surface area contributed by atoms with Gasteiger partial charge in [0.15, 0.2) is 0 Å². The van der Waals surface area contributed by atoms with Crippen molar-refractivity contribution >= 4 is 11.7 Å². The van der Waals surface area contributed by atoms with Crippen molar-refractivity contribution in [3.8, 4) is 0 Å². The van der Waals surface area contributed by atoms with Crippen LogP contribution in [0.4, 0.5) is 0 Å². The van der Waals surface area contributed by atoms with Gasteiger partial charge in [-0.3, -0.25) is 9.59 Å². The molecule has 1 N–H and O–H groups in total. The summed E-state index contributed by atoms with van der Waals surface area (Å²) < 4.78 is 0. The Bertz CT molecular complexity index is 385. The molecule has 0 aliphatic rings. The lowest BCUT2D eigenvalue weighted by Gasteiger charge is -2.04. The first-order valence-corrected chi connectivity index (χ1v) is 10.2. The lowest BCUT2D eigenvalue weighted by atomic mass is 10.1. The van der Waals surface area contributed by atoms with Crippen LogP contribution in [0.3, 0.4) is 0 Å². The van der Waals surface area contributed by atoms with E-state index in [4.69, 9.17) is 0 Å². The Balaban J connectivity index is 3.28. The maximum Gasteiger partial charge on any atom is 0.220 e. The highest BCUT2D eigenvalue weighted by Crippen LogP contribution is 2.09. The SMILES string of the molecule is CCCCC/C=C\C=C\CCCCCCCCC(=O)NCCC(C)=O. The molecule has 0 spiro atoms. The Morgan fingerprint density at radius 1 is 0.760 bits per heavy atom. The molecule has 0 aliphatic heterocycles. The fourth-order valence-electron chi connectivity index (χ4n) is 2.58. The van der Waals surface area contributed by atoms with Crippen LogP contribution in [0, 0.1) is 0 Å². The van der Waals surface area contributed by atoms with Gasteiger partial charge in [-0.05, 0) is 39.0 Å². The summed E-state index contributed by atoms with van der Waals surface area (Å²) in [6.45, 7) is 4.27. The highest BCUT2D eigenvalue weighted by molar-refractivity contribution is 5.78. The summed E-state index contributed by atoms with van der Waals surface area (Å²) in [5.41, 5.74) is 0. The smallest absolute Gasteiger partial charge is 0.220 e. The molecule has 0 atom stereocenters. The van der Waals surface area contributed by atoms with Gasteiger partial charge >= 0.3 is 0 Å². The van der Waals surface area contributed by atoms with Gasteiger partial charge in [0.25, 0.3) is 0 Å². The zero-order valence-corrected chi connectivity index (χ0v) is 16.5. The third-order valence-electron chi connectivity index (χ3n) is 4.18. The second-order valence-corrected chi connectivity index (χ2v) is 6.81. The molecule has 0 saturated carbocycles. The number of nitrogens with one attached hydrogen (secondary N) is 1. The van der Waals surface area contributed by atoms with Crippen LogP contribution in [0.2, 0.25) is 0 Å². The summed E-state index contributed by atoms with van der Waals surface area (Å²) in [4.78, 5) is 22.3. The number of amides is 1. The van der Waals surface area contributed by atoms with Gasteiger partial charge in [-0.25, -0.2) is 0 Å². The van der Waals surface area contributed by atoms with Crippen LogP contribution in [-0.4, -0.2) is 18.2 Å². The molecule has 0 aromatic carbocycles. The first kappa shape index (κ1) is 23.6. The molecule has 0 rings (SSSR count). The van der Waals surface area contributed by atoms with E-state index < -0.39 is 0 Å². The topological polar surface area (TPSA) is 46.2 Å². The zero-order valence-electron chi connectivity index (χ0n) is 16.5. The van der Waals surface area contributed by atoms with E-state index in [0.717, 1.165) is 19.3 Å². The number of unbranched alkanes of at least 4 members (excludes halogenated alkanes) is 9. The van der Waals surface area contributed by atoms with Crippen LogP contribution in [-0.2, 0) is 9.59 Å². The third-order valence-corrected chi connectivity index (χ3v) is 4.18. The lowest BCUT2D eigenvalue weighted by Crippen LogP contribution is -2.25. The first-order valence-electron chi connectivity index (χ1n) is 10.2. The minimum absolute atomic E-state index is 0.0779. The quantitative estimate of drug-likeness (QED) is 0.263. The van der Waals surface area contributed by atoms with Crippen LogP contribution < -0.4 is 5.32 Å². The molecular weight excluding hydrogens is 310 g/mol. The number of carbonyl (C=O) groups is 2. The molecule has 0 bridgehead atoms. The maximum atomic E-state index is 11.5. The molecular formula is C22H39NO2. The lowest BCUT2D eigenvalue weighted by molar-refractivity contribution is -0.121. The first-order chi connectivity index (χ1) is 12.2. The van der Waals surface area contributed by atoms with E-state index >= 15 is 0 Å². The maximum absolute atomic E-state index is 11.5. The summed E-state index contributed by atoms with van der Waals surface area (Å²) in [6.07, 6.45) is 23.3. The molecule has 0 saturated heterocycles. The number of rotatable bonds is 17. The van der Waals surface area contributed by atoms with Gasteiger partial charge in [0.05, 0.1) is 0 Å². The molecule has 0 radical (unpaired) electrons. The van der Waals surface area contributed by atoms with Crippen LogP contribution in [0.5, 0.6) is 0 Å². The van der Waals surface area contributed by atoms with E-state index in [1.165, 1.54) is 51.4 Å². The zero-order chi connectivity index (χ0) is 18.6. The van der Waals surface area contributed by atoms with Crippen molar-refractivity contribution in [1.82, 2.24) is 5.32 Å². The van der Waals surface area contributed by atoms with E-state index in [9.17, 15) is 9.59 Å². The minimum atomic E-state index is 0.0779. The second-order valence-electron chi connectivity index (χ2n) is 6.81. The molecule has 0 heterocycles. The second kappa shape index (κ2) is 19.0. The molecule has 25 heavy (non-hydrogen) atoms. The van der Waals surface area contributed by atoms with Crippen molar-refractivity contribution in [1.29, 1.82) is 0 Å².